The summed E-state index contributed by atoms with van der Waals surface area (Å²) in [6.07, 6.45) is 0.652. The first kappa shape index (κ1) is 19.0. The SMILES string of the molecule is CC[C@H](NS(=O)(=O)c1cc(Br)ccc1OC)c1ccc(C)cc1C. The fourth-order valence-electron chi connectivity index (χ4n) is 2.69. The molecule has 0 aromatic heterocycles. The summed E-state index contributed by atoms with van der Waals surface area (Å²) >= 11 is 3.32. The minimum absolute atomic E-state index is 0.127. The molecule has 24 heavy (non-hydrogen) atoms. The second kappa shape index (κ2) is 7.68. The van der Waals surface area contributed by atoms with E-state index in [0.717, 1.165) is 16.7 Å². The van der Waals surface area contributed by atoms with Gasteiger partial charge in [-0.1, -0.05) is 46.6 Å². The van der Waals surface area contributed by atoms with E-state index in [-0.39, 0.29) is 10.9 Å². The second-order valence-corrected chi connectivity index (χ2v) is 8.34. The van der Waals surface area contributed by atoms with E-state index in [9.17, 15) is 8.42 Å². The van der Waals surface area contributed by atoms with Crippen LogP contribution in [0.4, 0.5) is 0 Å². The first-order valence-corrected chi connectivity index (χ1v) is 9.99. The molecule has 4 nitrogen and oxygen atoms in total. The van der Waals surface area contributed by atoms with Gasteiger partial charge in [0.05, 0.1) is 7.11 Å². The molecular formula is C18H22BrNO3S. The van der Waals surface area contributed by atoms with Gasteiger partial charge >= 0.3 is 0 Å². The van der Waals surface area contributed by atoms with Gasteiger partial charge in [-0.3, -0.25) is 0 Å². The zero-order chi connectivity index (χ0) is 17.9. The van der Waals surface area contributed by atoms with Crippen LogP contribution in [0.15, 0.2) is 45.8 Å². The van der Waals surface area contributed by atoms with Crippen LogP contribution < -0.4 is 9.46 Å². The maximum absolute atomic E-state index is 12.9. The molecule has 0 radical (unpaired) electrons. The van der Waals surface area contributed by atoms with Crippen molar-refractivity contribution in [3.8, 4) is 5.75 Å². The molecule has 0 amide bonds. The number of aryl methyl sites for hydroxylation is 2. The van der Waals surface area contributed by atoms with Crippen molar-refractivity contribution in [2.24, 2.45) is 0 Å². The highest BCUT2D eigenvalue weighted by atomic mass is 79.9. The highest BCUT2D eigenvalue weighted by Gasteiger charge is 2.24. The Balaban J connectivity index is 2.41. The van der Waals surface area contributed by atoms with Crippen LogP contribution in [0.25, 0.3) is 0 Å². The Hall–Kier alpha value is -1.37. The maximum Gasteiger partial charge on any atom is 0.244 e. The Kier molecular flexibility index (Phi) is 6.06. The van der Waals surface area contributed by atoms with E-state index < -0.39 is 10.0 Å². The van der Waals surface area contributed by atoms with Crippen molar-refractivity contribution in [1.29, 1.82) is 0 Å². The summed E-state index contributed by atoms with van der Waals surface area (Å²) in [6, 6.07) is 10.7. The predicted octanol–water partition coefficient (Wildman–Crippen LogP) is 4.50. The van der Waals surface area contributed by atoms with Crippen molar-refractivity contribution in [3.05, 3.63) is 57.6 Å². The van der Waals surface area contributed by atoms with Crippen LogP contribution in [-0.2, 0) is 10.0 Å². The molecular weight excluding hydrogens is 390 g/mol. The van der Waals surface area contributed by atoms with Crippen LogP contribution in [0.3, 0.4) is 0 Å². The third-order valence-corrected chi connectivity index (χ3v) is 5.91. The minimum Gasteiger partial charge on any atom is -0.495 e. The quantitative estimate of drug-likeness (QED) is 0.760. The molecule has 2 aromatic carbocycles. The topological polar surface area (TPSA) is 55.4 Å². The van der Waals surface area contributed by atoms with Crippen LogP contribution in [-0.4, -0.2) is 15.5 Å². The normalized spacial score (nSPS) is 12.9. The molecule has 1 atom stereocenters. The number of benzene rings is 2. The fraction of sp³-hybridized carbons (Fsp3) is 0.333. The van der Waals surface area contributed by atoms with E-state index in [1.54, 1.807) is 18.2 Å². The Bertz CT molecular complexity index is 834. The first-order valence-electron chi connectivity index (χ1n) is 7.71. The second-order valence-electron chi connectivity index (χ2n) is 5.74. The Morgan fingerprint density at radius 1 is 1.17 bits per heavy atom. The average molecular weight is 412 g/mol. The van der Waals surface area contributed by atoms with E-state index in [1.165, 1.54) is 7.11 Å². The fourth-order valence-corrected chi connectivity index (χ4v) is 4.70. The molecule has 1 N–H and O–H groups in total. The Morgan fingerprint density at radius 3 is 2.46 bits per heavy atom. The largest absolute Gasteiger partial charge is 0.495 e. The van der Waals surface area contributed by atoms with Crippen molar-refractivity contribution in [1.82, 2.24) is 4.72 Å². The lowest BCUT2D eigenvalue weighted by molar-refractivity contribution is 0.401. The first-order chi connectivity index (χ1) is 11.3. The number of hydrogen-bond acceptors (Lipinski definition) is 3. The van der Waals surface area contributed by atoms with Crippen LogP contribution in [0.2, 0.25) is 0 Å². The van der Waals surface area contributed by atoms with Crippen molar-refractivity contribution < 1.29 is 13.2 Å². The molecule has 0 unspecified atom stereocenters. The molecule has 0 aliphatic heterocycles. The van der Waals surface area contributed by atoms with Crippen LogP contribution in [0.1, 0.15) is 36.1 Å². The molecule has 0 fully saturated rings. The molecule has 0 aliphatic rings. The Labute approximate surface area is 152 Å². The molecule has 0 saturated heterocycles. The van der Waals surface area contributed by atoms with E-state index in [2.05, 4.69) is 26.7 Å². The van der Waals surface area contributed by atoms with Gasteiger partial charge in [-0.15, -0.1) is 0 Å². The molecule has 2 rings (SSSR count). The molecule has 0 saturated carbocycles. The molecule has 0 aliphatic carbocycles. The third-order valence-electron chi connectivity index (χ3n) is 3.92. The number of hydrogen-bond donors (Lipinski definition) is 1. The molecule has 0 heterocycles. The number of sulfonamides is 1. The zero-order valence-electron chi connectivity index (χ0n) is 14.3. The van der Waals surface area contributed by atoms with Gasteiger partial charge in [-0.25, -0.2) is 13.1 Å². The van der Waals surface area contributed by atoms with E-state index >= 15 is 0 Å². The van der Waals surface area contributed by atoms with E-state index in [1.807, 2.05) is 32.9 Å². The van der Waals surface area contributed by atoms with Gasteiger partial charge in [0.15, 0.2) is 0 Å². The number of nitrogens with one attached hydrogen (secondary N) is 1. The lowest BCUT2D eigenvalue weighted by Gasteiger charge is -2.21. The van der Waals surface area contributed by atoms with Gasteiger partial charge < -0.3 is 4.74 Å². The number of halogens is 1. The van der Waals surface area contributed by atoms with Crippen molar-refractivity contribution in [3.63, 3.8) is 0 Å². The summed E-state index contributed by atoms with van der Waals surface area (Å²) in [5, 5.41) is 0. The summed E-state index contributed by atoms with van der Waals surface area (Å²) in [6.45, 7) is 5.98. The molecule has 0 spiro atoms. The van der Waals surface area contributed by atoms with Crippen LogP contribution >= 0.6 is 15.9 Å². The smallest absolute Gasteiger partial charge is 0.244 e. The van der Waals surface area contributed by atoms with Crippen LogP contribution in [0.5, 0.6) is 5.75 Å². The summed E-state index contributed by atoms with van der Waals surface area (Å²) < 4.78 is 34.4. The van der Waals surface area contributed by atoms with E-state index in [4.69, 9.17) is 4.74 Å². The van der Waals surface area contributed by atoms with Gasteiger partial charge in [0, 0.05) is 10.5 Å². The molecule has 2 aromatic rings. The minimum atomic E-state index is -3.72. The highest BCUT2D eigenvalue weighted by molar-refractivity contribution is 9.10. The van der Waals surface area contributed by atoms with E-state index in [0.29, 0.717) is 16.6 Å². The number of methoxy groups -OCH3 is 1. The van der Waals surface area contributed by atoms with Crippen molar-refractivity contribution in [2.45, 2.75) is 38.1 Å². The third kappa shape index (κ3) is 4.18. The summed E-state index contributed by atoms with van der Waals surface area (Å²) in [4.78, 5) is 0.127. The van der Waals surface area contributed by atoms with Gasteiger partial charge in [-0.05, 0) is 49.6 Å². The standard InChI is InChI=1S/C18H22BrNO3S/c1-5-16(15-8-6-12(2)10-13(15)3)20-24(21,22)18-11-14(19)7-9-17(18)23-4/h6-11,16,20H,5H2,1-4H3/t16-/m0/s1. The van der Waals surface area contributed by atoms with Gasteiger partial charge in [-0.2, -0.15) is 0 Å². The lowest BCUT2D eigenvalue weighted by atomic mass is 9.98. The molecule has 0 bridgehead atoms. The van der Waals surface area contributed by atoms with Gasteiger partial charge in [0.2, 0.25) is 10.0 Å². The summed E-state index contributed by atoms with van der Waals surface area (Å²) in [5.41, 5.74) is 3.22. The zero-order valence-corrected chi connectivity index (χ0v) is 16.7. The highest BCUT2D eigenvalue weighted by Crippen LogP contribution is 2.30. The van der Waals surface area contributed by atoms with Gasteiger partial charge in [0.25, 0.3) is 0 Å². The number of rotatable bonds is 6. The summed E-state index contributed by atoms with van der Waals surface area (Å²) in [5.74, 6) is 0.321. The van der Waals surface area contributed by atoms with Crippen molar-refractivity contribution in [2.75, 3.05) is 7.11 Å². The molecule has 6 heteroatoms. The summed E-state index contributed by atoms with van der Waals surface area (Å²) in [7, 11) is -2.25. The molecule has 130 valence electrons. The lowest BCUT2D eigenvalue weighted by Crippen LogP contribution is -2.29. The monoisotopic (exact) mass is 411 g/mol. The maximum atomic E-state index is 12.9. The average Bonchev–Trinajstić information content (AvgIpc) is 2.53. The van der Waals surface area contributed by atoms with Crippen LogP contribution in [0, 0.1) is 13.8 Å². The van der Waals surface area contributed by atoms with Crippen molar-refractivity contribution >= 4 is 26.0 Å². The predicted molar refractivity (Wildman–Crippen MR) is 100.0 cm³/mol. The number of ether oxygens (including phenoxy) is 1. The van der Waals surface area contributed by atoms with Gasteiger partial charge in [0.1, 0.15) is 10.6 Å². The Morgan fingerprint density at radius 2 is 1.88 bits per heavy atom.